The highest BCUT2D eigenvalue weighted by Crippen LogP contribution is 2.13. The second-order valence-corrected chi connectivity index (χ2v) is 2.94. The van der Waals surface area contributed by atoms with Gasteiger partial charge in [-0.25, -0.2) is 0 Å². The van der Waals surface area contributed by atoms with Gasteiger partial charge in [0.15, 0.2) is 0 Å². The summed E-state index contributed by atoms with van der Waals surface area (Å²) < 4.78 is 1.74. The van der Waals surface area contributed by atoms with Gasteiger partial charge < -0.3 is 11.1 Å². The van der Waals surface area contributed by atoms with Crippen LogP contribution < -0.4 is 11.1 Å². The lowest BCUT2D eigenvalue weighted by molar-refractivity contribution is 0.749. The van der Waals surface area contributed by atoms with Crippen LogP contribution >= 0.6 is 0 Å². The van der Waals surface area contributed by atoms with E-state index in [0.717, 1.165) is 17.3 Å². The molecule has 0 fully saturated rings. The zero-order chi connectivity index (χ0) is 9.97. The Hall–Kier alpha value is -1.82. The first-order chi connectivity index (χ1) is 6.79. The summed E-state index contributed by atoms with van der Waals surface area (Å²) >= 11 is 0. The number of nitrogens with zero attached hydrogens (tertiary/aromatic N) is 3. The third kappa shape index (κ3) is 1.60. The number of aryl methyl sites for hydroxylation is 1. The van der Waals surface area contributed by atoms with E-state index in [0.29, 0.717) is 6.54 Å². The van der Waals surface area contributed by atoms with Gasteiger partial charge >= 0.3 is 0 Å². The molecule has 0 radical (unpaired) electrons. The SMILES string of the molecule is Cn1nc(CN)cc1Nc1ccn[nH]1. The minimum Gasteiger partial charge on any atom is -0.326 e. The van der Waals surface area contributed by atoms with Crippen LogP contribution in [-0.2, 0) is 13.6 Å². The molecule has 2 heterocycles. The van der Waals surface area contributed by atoms with E-state index in [4.69, 9.17) is 5.73 Å². The molecule has 0 aromatic carbocycles. The van der Waals surface area contributed by atoms with Crippen molar-refractivity contribution in [1.29, 1.82) is 0 Å². The molecule has 0 spiro atoms. The lowest BCUT2D eigenvalue weighted by Gasteiger charge is -2.01. The van der Waals surface area contributed by atoms with Crippen molar-refractivity contribution in [2.24, 2.45) is 12.8 Å². The van der Waals surface area contributed by atoms with Gasteiger partial charge in [-0.3, -0.25) is 9.78 Å². The van der Waals surface area contributed by atoms with Crippen LogP contribution in [-0.4, -0.2) is 20.0 Å². The zero-order valence-electron chi connectivity index (χ0n) is 7.86. The zero-order valence-corrected chi connectivity index (χ0v) is 7.86. The Kier molecular flexibility index (Phi) is 2.19. The Bertz CT molecular complexity index is 401. The first kappa shape index (κ1) is 8.76. The summed E-state index contributed by atoms with van der Waals surface area (Å²) in [6.45, 7) is 0.443. The van der Waals surface area contributed by atoms with E-state index in [1.807, 2.05) is 19.2 Å². The number of anilines is 2. The highest BCUT2D eigenvalue weighted by Gasteiger charge is 2.03. The molecule has 4 N–H and O–H groups in total. The molecule has 0 amide bonds. The largest absolute Gasteiger partial charge is 0.326 e. The maximum atomic E-state index is 5.48. The molecule has 2 aromatic heterocycles. The third-order valence-corrected chi connectivity index (χ3v) is 1.90. The predicted octanol–water partition coefficient (Wildman–Crippen LogP) is 0.345. The monoisotopic (exact) mass is 192 g/mol. The average Bonchev–Trinajstić information content (AvgIpc) is 2.78. The van der Waals surface area contributed by atoms with Gasteiger partial charge in [-0.05, 0) is 0 Å². The summed E-state index contributed by atoms with van der Waals surface area (Å²) in [4.78, 5) is 0. The Morgan fingerprint density at radius 3 is 3.07 bits per heavy atom. The van der Waals surface area contributed by atoms with Crippen molar-refractivity contribution in [2.45, 2.75) is 6.54 Å². The minimum absolute atomic E-state index is 0.443. The quantitative estimate of drug-likeness (QED) is 0.655. The van der Waals surface area contributed by atoms with E-state index in [1.54, 1.807) is 10.9 Å². The molecule has 0 aliphatic rings. The third-order valence-electron chi connectivity index (χ3n) is 1.90. The van der Waals surface area contributed by atoms with Gasteiger partial charge in [-0.2, -0.15) is 10.2 Å². The lowest BCUT2D eigenvalue weighted by atomic mass is 10.4. The van der Waals surface area contributed by atoms with E-state index in [9.17, 15) is 0 Å². The Morgan fingerprint density at radius 1 is 1.64 bits per heavy atom. The topological polar surface area (TPSA) is 84.6 Å². The van der Waals surface area contributed by atoms with Crippen molar-refractivity contribution < 1.29 is 0 Å². The van der Waals surface area contributed by atoms with Crippen LogP contribution in [0.1, 0.15) is 5.69 Å². The Morgan fingerprint density at radius 2 is 2.50 bits per heavy atom. The normalized spacial score (nSPS) is 10.4. The number of aromatic amines is 1. The smallest absolute Gasteiger partial charge is 0.129 e. The molecule has 0 bridgehead atoms. The number of aromatic nitrogens is 4. The Labute approximate surface area is 81.1 Å². The number of nitrogens with two attached hydrogens (primary N) is 1. The first-order valence-corrected chi connectivity index (χ1v) is 4.29. The molecular formula is C8H12N6. The summed E-state index contributed by atoms with van der Waals surface area (Å²) in [5.74, 6) is 1.71. The molecule has 6 heteroatoms. The van der Waals surface area contributed by atoms with Gasteiger partial charge in [0.2, 0.25) is 0 Å². The van der Waals surface area contributed by atoms with Crippen molar-refractivity contribution in [3.05, 3.63) is 24.0 Å². The van der Waals surface area contributed by atoms with Crippen molar-refractivity contribution in [3.63, 3.8) is 0 Å². The fourth-order valence-electron chi connectivity index (χ4n) is 1.21. The van der Waals surface area contributed by atoms with Crippen LogP contribution in [0.5, 0.6) is 0 Å². The van der Waals surface area contributed by atoms with Crippen LogP contribution in [0.15, 0.2) is 18.3 Å². The van der Waals surface area contributed by atoms with Gasteiger partial charge in [-0.1, -0.05) is 0 Å². The maximum absolute atomic E-state index is 5.48. The Balaban J connectivity index is 2.20. The number of rotatable bonds is 3. The molecule has 2 aromatic rings. The van der Waals surface area contributed by atoms with Crippen molar-refractivity contribution in [1.82, 2.24) is 20.0 Å². The van der Waals surface area contributed by atoms with Crippen molar-refractivity contribution >= 4 is 11.6 Å². The van der Waals surface area contributed by atoms with Gasteiger partial charge in [0.25, 0.3) is 0 Å². The van der Waals surface area contributed by atoms with Crippen molar-refractivity contribution in [2.75, 3.05) is 5.32 Å². The van der Waals surface area contributed by atoms with E-state index in [1.165, 1.54) is 0 Å². The highest BCUT2D eigenvalue weighted by molar-refractivity contribution is 5.51. The summed E-state index contributed by atoms with van der Waals surface area (Å²) in [6.07, 6.45) is 1.68. The molecule has 2 rings (SSSR count). The first-order valence-electron chi connectivity index (χ1n) is 4.29. The lowest BCUT2D eigenvalue weighted by Crippen LogP contribution is -2.00. The molecule has 0 unspecified atom stereocenters. The van der Waals surface area contributed by atoms with Crippen LogP contribution in [0, 0.1) is 0 Å². The maximum Gasteiger partial charge on any atom is 0.129 e. The minimum atomic E-state index is 0.443. The summed E-state index contributed by atoms with van der Waals surface area (Å²) in [5, 5.41) is 14.0. The van der Waals surface area contributed by atoms with Gasteiger partial charge in [-0.15, -0.1) is 0 Å². The molecule has 74 valence electrons. The number of H-pyrrole nitrogens is 1. The van der Waals surface area contributed by atoms with Gasteiger partial charge in [0, 0.05) is 25.7 Å². The highest BCUT2D eigenvalue weighted by atomic mass is 15.3. The predicted molar refractivity (Wildman–Crippen MR) is 53.0 cm³/mol. The fourth-order valence-corrected chi connectivity index (χ4v) is 1.21. The number of hydrogen-bond acceptors (Lipinski definition) is 4. The van der Waals surface area contributed by atoms with Crippen LogP contribution in [0.2, 0.25) is 0 Å². The molecule has 14 heavy (non-hydrogen) atoms. The molecule has 0 saturated carbocycles. The standard InChI is InChI=1S/C8H12N6/c1-14-8(4-6(5-9)13-14)11-7-2-3-10-12-7/h2-4H,5,9H2,1H3,(H2,10,11,12). The number of nitrogens with one attached hydrogen (secondary N) is 2. The fraction of sp³-hybridized carbons (Fsp3) is 0.250. The molecule has 0 atom stereocenters. The molecular weight excluding hydrogens is 180 g/mol. The van der Waals surface area contributed by atoms with E-state index >= 15 is 0 Å². The summed E-state index contributed by atoms with van der Waals surface area (Å²) in [6, 6.07) is 3.75. The molecule has 6 nitrogen and oxygen atoms in total. The van der Waals surface area contributed by atoms with Crippen molar-refractivity contribution in [3.8, 4) is 0 Å². The van der Waals surface area contributed by atoms with Crippen LogP contribution in [0.4, 0.5) is 11.6 Å². The van der Waals surface area contributed by atoms with E-state index in [2.05, 4.69) is 20.6 Å². The number of hydrogen-bond donors (Lipinski definition) is 3. The molecule has 0 aliphatic carbocycles. The van der Waals surface area contributed by atoms with Gasteiger partial charge in [0.1, 0.15) is 11.6 Å². The molecule has 0 saturated heterocycles. The van der Waals surface area contributed by atoms with Crippen LogP contribution in [0.3, 0.4) is 0 Å². The molecule has 0 aliphatic heterocycles. The van der Waals surface area contributed by atoms with Gasteiger partial charge in [0.05, 0.1) is 11.9 Å². The summed E-state index contributed by atoms with van der Waals surface area (Å²) in [5.41, 5.74) is 6.34. The van der Waals surface area contributed by atoms with Crippen LogP contribution in [0.25, 0.3) is 0 Å². The van der Waals surface area contributed by atoms with E-state index < -0.39 is 0 Å². The average molecular weight is 192 g/mol. The summed E-state index contributed by atoms with van der Waals surface area (Å²) in [7, 11) is 1.86. The van der Waals surface area contributed by atoms with E-state index in [-0.39, 0.29) is 0 Å². The second-order valence-electron chi connectivity index (χ2n) is 2.94. The second kappa shape index (κ2) is 3.51.